The molecule has 0 unspecified atom stereocenters. The van der Waals surface area contributed by atoms with Gasteiger partial charge in [0.05, 0.1) is 0 Å². The molecule has 3 nitrogen and oxygen atoms in total. The maximum atomic E-state index is 13.0. The number of carbonyl (C=O) groups excluding carboxylic acids is 1. The Labute approximate surface area is 143 Å². The van der Waals surface area contributed by atoms with Crippen molar-refractivity contribution in [3.8, 4) is 0 Å². The monoisotopic (exact) mass is 332 g/mol. The number of benzene rings is 1. The highest BCUT2D eigenvalue weighted by molar-refractivity contribution is 6.30. The van der Waals surface area contributed by atoms with Gasteiger partial charge in [-0.2, -0.15) is 0 Å². The van der Waals surface area contributed by atoms with Crippen molar-refractivity contribution in [2.75, 3.05) is 26.2 Å². The first-order valence-electron chi connectivity index (χ1n) is 8.44. The molecule has 23 heavy (non-hydrogen) atoms. The Hall–Kier alpha value is -1.32. The third-order valence-electron chi connectivity index (χ3n) is 4.93. The summed E-state index contributed by atoms with van der Waals surface area (Å²) in [5.41, 5.74) is 3.60. The Bertz CT molecular complexity index is 613. The summed E-state index contributed by atoms with van der Waals surface area (Å²) in [5, 5.41) is 4.05. The van der Waals surface area contributed by atoms with E-state index in [1.165, 1.54) is 5.57 Å². The van der Waals surface area contributed by atoms with Crippen LogP contribution in [0, 0.1) is 5.41 Å². The van der Waals surface area contributed by atoms with Crippen LogP contribution in [0.4, 0.5) is 0 Å². The molecular formula is C19H25ClN2O. The fraction of sp³-hybridized carbons (Fsp3) is 0.526. The van der Waals surface area contributed by atoms with E-state index >= 15 is 0 Å². The minimum atomic E-state index is 0.229. The number of allylic oxidation sites excluding steroid dienone is 1. The normalized spacial score (nSPS) is 21.4. The number of carbonyl (C=O) groups is 1. The van der Waals surface area contributed by atoms with E-state index in [-0.39, 0.29) is 11.3 Å². The van der Waals surface area contributed by atoms with Crippen LogP contribution in [0.25, 0.3) is 5.57 Å². The molecule has 4 heteroatoms. The molecule has 0 bridgehead atoms. The van der Waals surface area contributed by atoms with Crippen LogP contribution in [0.5, 0.6) is 0 Å². The van der Waals surface area contributed by atoms with E-state index in [4.69, 9.17) is 11.6 Å². The topological polar surface area (TPSA) is 32.3 Å². The van der Waals surface area contributed by atoms with Crippen LogP contribution >= 0.6 is 11.6 Å². The first-order valence-corrected chi connectivity index (χ1v) is 8.82. The van der Waals surface area contributed by atoms with Gasteiger partial charge in [-0.3, -0.25) is 4.79 Å². The summed E-state index contributed by atoms with van der Waals surface area (Å²) in [4.78, 5) is 15.0. The fourth-order valence-corrected chi connectivity index (χ4v) is 3.64. The van der Waals surface area contributed by atoms with Crippen molar-refractivity contribution < 1.29 is 4.79 Å². The highest BCUT2D eigenvalue weighted by Gasteiger charge is 2.32. The van der Waals surface area contributed by atoms with Crippen LogP contribution < -0.4 is 5.32 Å². The molecule has 1 amide bonds. The molecule has 0 saturated carbocycles. The molecule has 2 aliphatic rings. The molecular weight excluding hydrogens is 308 g/mol. The van der Waals surface area contributed by atoms with E-state index < -0.39 is 0 Å². The Morgan fingerprint density at radius 1 is 1.17 bits per heavy atom. The van der Waals surface area contributed by atoms with Gasteiger partial charge in [-0.25, -0.2) is 0 Å². The number of hydrogen-bond donors (Lipinski definition) is 1. The fourth-order valence-electron chi connectivity index (χ4n) is 3.51. The van der Waals surface area contributed by atoms with Gasteiger partial charge in [0.25, 0.3) is 0 Å². The second-order valence-corrected chi connectivity index (χ2v) is 7.78. The lowest BCUT2D eigenvalue weighted by atomic mass is 9.72. The summed E-state index contributed by atoms with van der Waals surface area (Å²) in [5.74, 6) is 0.229. The highest BCUT2D eigenvalue weighted by atomic mass is 35.5. The number of piperazine rings is 1. The van der Waals surface area contributed by atoms with Crippen molar-refractivity contribution in [3.63, 3.8) is 0 Å². The van der Waals surface area contributed by atoms with Crippen LogP contribution in [0.3, 0.4) is 0 Å². The maximum absolute atomic E-state index is 13.0. The van der Waals surface area contributed by atoms with Crippen molar-refractivity contribution in [3.05, 3.63) is 40.4 Å². The average Bonchev–Trinajstić information content (AvgIpc) is 2.55. The van der Waals surface area contributed by atoms with Crippen molar-refractivity contribution in [1.29, 1.82) is 0 Å². The molecule has 1 aliphatic carbocycles. The lowest BCUT2D eigenvalue weighted by Crippen LogP contribution is -2.47. The number of amides is 1. The third-order valence-corrected chi connectivity index (χ3v) is 5.18. The second kappa shape index (κ2) is 6.66. The zero-order valence-corrected chi connectivity index (χ0v) is 14.7. The van der Waals surface area contributed by atoms with Crippen LogP contribution in [-0.4, -0.2) is 37.0 Å². The zero-order chi connectivity index (χ0) is 16.4. The number of nitrogens with one attached hydrogen (secondary N) is 1. The molecule has 1 fully saturated rings. The Balaban J connectivity index is 1.96. The predicted octanol–water partition coefficient (Wildman–Crippen LogP) is 3.74. The van der Waals surface area contributed by atoms with E-state index in [2.05, 4.69) is 19.2 Å². The lowest BCUT2D eigenvalue weighted by molar-refractivity contribution is -0.127. The molecule has 1 aromatic carbocycles. The molecule has 3 rings (SSSR count). The Morgan fingerprint density at radius 3 is 2.48 bits per heavy atom. The SMILES string of the molecule is CC1(C)CCC(C(=O)N2CCNCC2)=C(c2ccc(Cl)cc2)C1. The molecule has 1 saturated heterocycles. The molecule has 0 radical (unpaired) electrons. The van der Waals surface area contributed by atoms with Crippen molar-refractivity contribution in [1.82, 2.24) is 10.2 Å². The first kappa shape index (κ1) is 16.5. The van der Waals surface area contributed by atoms with E-state index in [0.29, 0.717) is 0 Å². The summed E-state index contributed by atoms with van der Waals surface area (Å²) in [6.45, 7) is 7.96. The minimum Gasteiger partial charge on any atom is -0.336 e. The third kappa shape index (κ3) is 3.78. The summed E-state index contributed by atoms with van der Waals surface area (Å²) < 4.78 is 0. The summed E-state index contributed by atoms with van der Waals surface area (Å²) in [7, 11) is 0. The Morgan fingerprint density at radius 2 is 1.83 bits per heavy atom. The summed E-state index contributed by atoms with van der Waals surface area (Å²) in [6.07, 6.45) is 2.88. The van der Waals surface area contributed by atoms with Gasteiger partial charge in [0.1, 0.15) is 0 Å². The van der Waals surface area contributed by atoms with Crippen molar-refractivity contribution in [2.45, 2.75) is 33.1 Å². The van der Waals surface area contributed by atoms with Crippen molar-refractivity contribution >= 4 is 23.1 Å². The standard InChI is InChI=1S/C19H25ClN2O/c1-19(2)8-7-16(18(23)22-11-9-21-10-12-22)17(13-19)14-3-5-15(20)6-4-14/h3-6,21H,7-13H2,1-2H3. The van der Waals surface area contributed by atoms with Gasteiger partial charge in [0.2, 0.25) is 5.91 Å². The summed E-state index contributed by atoms with van der Waals surface area (Å²) >= 11 is 6.03. The molecule has 0 spiro atoms. The highest BCUT2D eigenvalue weighted by Crippen LogP contribution is 2.43. The second-order valence-electron chi connectivity index (χ2n) is 7.35. The molecule has 0 aromatic heterocycles. The van der Waals surface area contributed by atoms with E-state index in [1.54, 1.807) is 0 Å². The molecule has 1 N–H and O–H groups in total. The predicted molar refractivity (Wildman–Crippen MR) is 95.5 cm³/mol. The largest absolute Gasteiger partial charge is 0.336 e. The first-order chi connectivity index (χ1) is 11.0. The zero-order valence-electron chi connectivity index (χ0n) is 14.0. The van der Waals surface area contributed by atoms with Gasteiger partial charge >= 0.3 is 0 Å². The summed E-state index contributed by atoms with van der Waals surface area (Å²) in [6, 6.07) is 7.92. The van der Waals surface area contributed by atoms with Crippen LogP contribution in [0.1, 0.15) is 38.7 Å². The molecule has 1 heterocycles. The number of halogens is 1. The lowest BCUT2D eigenvalue weighted by Gasteiger charge is -2.36. The van der Waals surface area contributed by atoms with Gasteiger partial charge in [-0.1, -0.05) is 37.6 Å². The maximum Gasteiger partial charge on any atom is 0.250 e. The van der Waals surface area contributed by atoms with Gasteiger partial charge in [0, 0.05) is 36.8 Å². The van der Waals surface area contributed by atoms with Crippen LogP contribution in [-0.2, 0) is 4.79 Å². The number of nitrogens with zero attached hydrogens (tertiary/aromatic N) is 1. The minimum absolute atomic E-state index is 0.229. The molecule has 1 aliphatic heterocycles. The van der Waals surface area contributed by atoms with E-state index in [0.717, 1.165) is 61.6 Å². The smallest absolute Gasteiger partial charge is 0.250 e. The van der Waals surface area contributed by atoms with Crippen molar-refractivity contribution in [2.24, 2.45) is 5.41 Å². The van der Waals surface area contributed by atoms with Gasteiger partial charge in [-0.15, -0.1) is 0 Å². The quantitative estimate of drug-likeness (QED) is 0.894. The molecule has 124 valence electrons. The van der Waals surface area contributed by atoms with Gasteiger partial charge in [0.15, 0.2) is 0 Å². The number of rotatable bonds is 2. The van der Waals surface area contributed by atoms with Gasteiger partial charge < -0.3 is 10.2 Å². The Kier molecular flexibility index (Phi) is 4.79. The average molecular weight is 333 g/mol. The van der Waals surface area contributed by atoms with E-state index in [9.17, 15) is 4.79 Å². The van der Waals surface area contributed by atoms with Crippen LogP contribution in [0.15, 0.2) is 29.8 Å². The molecule has 0 atom stereocenters. The molecule has 1 aromatic rings. The van der Waals surface area contributed by atoms with Crippen LogP contribution in [0.2, 0.25) is 5.02 Å². The van der Waals surface area contributed by atoms with Gasteiger partial charge in [-0.05, 0) is 47.9 Å². The number of hydrogen-bond acceptors (Lipinski definition) is 2. The van der Waals surface area contributed by atoms with E-state index in [1.807, 2.05) is 29.2 Å².